The molecule has 132 valence electrons. The van der Waals surface area contributed by atoms with Gasteiger partial charge in [0.15, 0.2) is 5.01 Å². The average molecular weight is 359 g/mol. The Hall–Kier alpha value is -2.22. The molecule has 2 aliphatic rings. The smallest absolute Gasteiger partial charge is 0.282 e. The predicted molar refractivity (Wildman–Crippen MR) is 93.8 cm³/mol. The summed E-state index contributed by atoms with van der Waals surface area (Å²) < 4.78 is 0. The van der Waals surface area contributed by atoms with Crippen LogP contribution in [0.2, 0.25) is 0 Å². The molecule has 0 bridgehead atoms. The van der Waals surface area contributed by atoms with E-state index in [0.717, 1.165) is 11.4 Å². The van der Waals surface area contributed by atoms with Gasteiger partial charge < -0.3 is 9.80 Å². The topological polar surface area (TPSA) is 82.2 Å². The van der Waals surface area contributed by atoms with E-state index in [2.05, 4.69) is 29.0 Å². The number of likely N-dealkylation sites (tertiary alicyclic amines) is 2. The summed E-state index contributed by atoms with van der Waals surface area (Å²) in [5.74, 6) is 0.286. The lowest BCUT2D eigenvalue weighted by atomic mass is 9.72. The summed E-state index contributed by atoms with van der Waals surface area (Å²) in [5.41, 5.74) is 2.39. The maximum atomic E-state index is 12.5. The molecule has 1 N–H and O–H groups in total. The van der Waals surface area contributed by atoms with Gasteiger partial charge in [0.05, 0.1) is 0 Å². The normalized spacial score (nSPS) is 18.4. The first-order valence-corrected chi connectivity index (χ1v) is 9.31. The molecule has 2 aromatic heterocycles. The third-order valence-corrected chi connectivity index (χ3v) is 5.87. The highest BCUT2D eigenvalue weighted by molar-refractivity contribution is 7.11. The minimum absolute atomic E-state index is 0.00220. The Morgan fingerprint density at radius 1 is 1.20 bits per heavy atom. The summed E-state index contributed by atoms with van der Waals surface area (Å²) >= 11 is 1.39. The lowest BCUT2D eigenvalue weighted by molar-refractivity contribution is -0.0823. The second kappa shape index (κ2) is 5.66. The summed E-state index contributed by atoms with van der Waals surface area (Å²) in [4.78, 5) is 32.7. The number of rotatable bonds is 3. The van der Waals surface area contributed by atoms with Gasteiger partial charge in [-0.05, 0) is 18.9 Å². The van der Waals surface area contributed by atoms with Gasteiger partial charge in [-0.15, -0.1) is 11.3 Å². The number of amides is 2. The van der Waals surface area contributed by atoms with Gasteiger partial charge in [0.2, 0.25) is 0 Å². The number of carbonyl (C=O) groups is 2. The van der Waals surface area contributed by atoms with Gasteiger partial charge in [0.25, 0.3) is 11.8 Å². The molecule has 7 nitrogen and oxygen atoms in total. The van der Waals surface area contributed by atoms with E-state index in [4.69, 9.17) is 0 Å². The zero-order valence-corrected chi connectivity index (χ0v) is 15.4. The maximum Gasteiger partial charge on any atom is 0.282 e. The van der Waals surface area contributed by atoms with E-state index in [1.807, 2.05) is 28.2 Å². The molecular formula is C17H21N5O2S. The fourth-order valence-corrected chi connectivity index (χ4v) is 4.27. The summed E-state index contributed by atoms with van der Waals surface area (Å²) in [5, 5.41) is 9.50. The lowest BCUT2D eigenvalue weighted by Crippen LogP contribution is -2.73. The number of hydrogen-bond acceptors (Lipinski definition) is 5. The van der Waals surface area contributed by atoms with Crippen LogP contribution in [0, 0.1) is 12.3 Å². The van der Waals surface area contributed by atoms with Gasteiger partial charge in [-0.1, -0.05) is 13.8 Å². The van der Waals surface area contributed by atoms with Crippen molar-refractivity contribution < 1.29 is 9.59 Å². The average Bonchev–Trinajstić information content (AvgIpc) is 3.12. The van der Waals surface area contributed by atoms with Gasteiger partial charge in [-0.2, -0.15) is 5.10 Å². The van der Waals surface area contributed by atoms with Crippen molar-refractivity contribution in [3.8, 4) is 0 Å². The van der Waals surface area contributed by atoms with E-state index in [0.29, 0.717) is 42.8 Å². The van der Waals surface area contributed by atoms with Crippen molar-refractivity contribution in [3.63, 3.8) is 0 Å². The van der Waals surface area contributed by atoms with E-state index < -0.39 is 0 Å². The van der Waals surface area contributed by atoms with Crippen LogP contribution >= 0.6 is 11.3 Å². The molecule has 0 saturated carbocycles. The number of carbonyl (C=O) groups excluding carboxylic acids is 2. The SMILES string of the molecule is Cc1csc(C(=O)N2CC3(CN(C(=O)c4cc(C(C)C)[nH]n4)C3)C2)n1. The predicted octanol–water partition coefficient (Wildman–Crippen LogP) is 1.90. The van der Waals surface area contributed by atoms with E-state index in [1.165, 1.54) is 11.3 Å². The van der Waals surface area contributed by atoms with Crippen molar-refractivity contribution in [2.75, 3.05) is 26.2 Å². The molecular weight excluding hydrogens is 338 g/mol. The monoisotopic (exact) mass is 359 g/mol. The van der Waals surface area contributed by atoms with Gasteiger partial charge in [0, 0.05) is 48.4 Å². The van der Waals surface area contributed by atoms with E-state index in [9.17, 15) is 9.59 Å². The fourth-order valence-electron chi connectivity index (χ4n) is 3.51. The number of nitrogens with one attached hydrogen (secondary N) is 1. The number of thiazole rings is 1. The molecule has 25 heavy (non-hydrogen) atoms. The van der Waals surface area contributed by atoms with Crippen LogP contribution in [0.4, 0.5) is 0 Å². The largest absolute Gasteiger partial charge is 0.336 e. The number of aromatic amines is 1. The Balaban J connectivity index is 1.32. The van der Waals surface area contributed by atoms with Gasteiger partial charge in [-0.3, -0.25) is 14.7 Å². The molecule has 4 heterocycles. The van der Waals surface area contributed by atoms with Crippen LogP contribution in [-0.2, 0) is 0 Å². The summed E-state index contributed by atoms with van der Waals surface area (Å²) in [6.07, 6.45) is 0. The van der Waals surface area contributed by atoms with Gasteiger partial charge in [0.1, 0.15) is 5.69 Å². The molecule has 2 saturated heterocycles. The zero-order valence-electron chi connectivity index (χ0n) is 14.6. The highest BCUT2D eigenvalue weighted by Gasteiger charge is 2.55. The van der Waals surface area contributed by atoms with Crippen molar-refractivity contribution >= 4 is 23.2 Å². The number of aryl methyl sites for hydroxylation is 1. The summed E-state index contributed by atoms with van der Waals surface area (Å²) in [7, 11) is 0. The van der Waals surface area contributed by atoms with Gasteiger partial charge >= 0.3 is 0 Å². The van der Waals surface area contributed by atoms with E-state index in [-0.39, 0.29) is 17.2 Å². The summed E-state index contributed by atoms with van der Waals surface area (Å²) in [6.45, 7) is 8.79. The standard InChI is InChI=1S/C17H21N5O2S/c1-10(2)12-4-13(20-19-12)15(23)21-6-17(7-21)8-22(9-17)16(24)14-18-11(3)5-25-14/h4-5,10H,6-9H2,1-3H3,(H,19,20). The number of aromatic nitrogens is 3. The highest BCUT2D eigenvalue weighted by atomic mass is 32.1. The minimum atomic E-state index is -0.0332. The van der Waals surface area contributed by atoms with Crippen LogP contribution in [0.3, 0.4) is 0 Å². The summed E-state index contributed by atoms with van der Waals surface area (Å²) in [6, 6.07) is 1.83. The van der Waals surface area contributed by atoms with E-state index in [1.54, 1.807) is 0 Å². The first-order chi connectivity index (χ1) is 11.9. The van der Waals surface area contributed by atoms with Crippen molar-refractivity contribution in [3.05, 3.63) is 33.5 Å². The fraction of sp³-hybridized carbons (Fsp3) is 0.529. The van der Waals surface area contributed by atoms with Crippen LogP contribution in [-0.4, -0.2) is 63.0 Å². The van der Waals surface area contributed by atoms with Crippen LogP contribution in [0.25, 0.3) is 0 Å². The van der Waals surface area contributed by atoms with Crippen molar-refractivity contribution in [2.24, 2.45) is 5.41 Å². The number of H-pyrrole nitrogens is 1. The number of hydrogen-bond donors (Lipinski definition) is 1. The maximum absolute atomic E-state index is 12.5. The molecule has 0 aliphatic carbocycles. The Bertz CT molecular complexity index is 826. The quantitative estimate of drug-likeness (QED) is 0.907. The second-order valence-electron chi connectivity index (χ2n) is 7.48. The Morgan fingerprint density at radius 3 is 2.36 bits per heavy atom. The van der Waals surface area contributed by atoms with Crippen molar-refractivity contribution in [1.82, 2.24) is 25.0 Å². The van der Waals surface area contributed by atoms with Crippen LogP contribution in [0.5, 0.6) is 0 Å². The molecule has 2 fully saturated rings. The first-order valence-electron chi connectivity index (χ1n) is 8.43. The molecule has 2 amide bonds. The molecule has 2 aliphatic heterocycles. The Kier molecular flexibility index (Phi) is 3.68. The second-order valence-corrected chi connectivity index (χ2v) is 8.34. The molecule has 0 radical (unpaired) electrons. The third-order valence-electron chi connectivity index (χ3n) is 4.92. The van der Waals surface area contributed by atoms with Crippen LogP contribution < -0.4 is 0 Å². The molecule has 0 unspecified atom stereocenters. The Labute approximate surface area is 150 Å². The molecule has 0 atom stereocenters. The highest BCUT2D eigenvalue weighted by Crippen LogP contribution is 2.40. The van der Waals surface area contributed by atoms with Crippen LogP contribution in [0.1, 0.15) is 51.4 Å². The number of nitrogens with zero attached hydrogens (tertiary/aromatic N) is 4. The molecule has 0 aromatic carbocycles. The van der Waals surface area contributed by atoms with Gasteiger partial charge in [-0.25, -0.2) is 4.98 Å². The molecule has 1 spiro atoms. The van der Waals surface area contributed by atoms with Crippen molar-refractivity contribution in [2.45, 2.75) is 26.7 Å². The first kappa shape index (κ1) is 16.3. The lowest BCUT2D eigenvalue weighted by Gasteiger charge is -2.59. The molecule has 4 rings (SSSR count). The molecule has 8 heteroatoms. The van der Waals surface area contributed by atoms with E-state index >= 15 is 0 Å². The third kappa shape index (κ3) is 2.74. The minimum Gasteiger partial charge on any atom is -0.336 e. The molecule has 2 aromatic rings. The Morgan fingerprint density at radius 2 is 1.84 bits per heavy atom. The van der Waals surface area contributed by atoms with Crippen molar-refractivity contribution in [1.29, 1.82) is 0 Å². The van der Waals surface area contributed by atoms with Crippen LogP contribution in [0.15, 0.2) is 11.4 Å². The zero-order chi connectivity index (χ0) is 17.8.